The number of Topliss-reactive ketones (excluding diaryl/α,β-unsaturated/α-hetero) is 1. The minimum atomic E-state index is -3.24. The molecule has 0 atom stereocenters. The molecule has 0 aliphatic carbocycles. The molecule has 3 nitrogen and oxygen atoms in total. The highest BCUT2D eigenvalue weighted by molar-refractivity contribution is 7.94. The molecule has 0 fully saturated rings. The van der Waals surface area contributed by atoms with E-state index in [2.05, 4.69) is 0 Å². The van der Waals surface area contributed by atoms with Crippen LogP contribution in [0.2, 0.25) is 0 Å². The van der Waals surface area contributed by atoms with Crippen molar-refractivity contribution in [2.75, 3.05) is 0 Å². The number of hydrogen-bond donors (Lipinski definition) is 0. The van der Waals surface area contributed by atoms with Crippen molar-refractivity contribution in [2.24, 2.45) is 0 Å². The van der Waals surface area contributed by atoms with Crippen LogP contribution in [0.5, 0.6) is 0 Å². The molecule has 0 saturated carbocycles. The topological polar surface area (TPSA) is 51.2 Å². The Kier molecular flexibility index (Phi) is 4.11. The molecule has 2 rings (SSSR count). The number of carbonyl (C=O) groups is 1. The van der Waals surface area contributed by atoms with Crippen molar-refractivity contribution in [3.8, 4) is 10.4 Å². The zero-order valence-electron chi connectivity index (χ0n) is 11.6. The molecule has 106 valence electrons. The highest BCUT2D eigenvalue weighted by Gasteiger charge is 2.21. The van der Waals surface area contributed by atoms with Crippen LogP contribution >= 0.6 is 11.3 Å². The summed E-state index contributed by atoms with van der Waals surface area (Å²) in [6.45, 7) is 4.86. The van der Waals surface area contributed by atoms with Crippen molar-refractivity contribution in [2.45, 2.75) is 30.2 Å². The maximum Gasteiger partial charge on any atom is 0.190 e. The van der Waals surface area contributed by atoms with Crippen LogP contribution in [0, 0.1) is 0 Å². The predicted octanol–water partition coefficient (Wildman–Crippen LogP) is 3.80. The van der Waals surface area contributed by atoms with Crippen LogP contribution in [-0.2, 0) is 9.84 Å². The van der Waals surface area contributed by atoms with Crippen LogP contribution in [0.15, 0.2) is 40.6 Å². The molecular weight excluding hydrogens is 292 g/mol. The van der Waals surface area contributed by atoms with Crippen molar-refractivity contribution in [3.05, 3.63) is 42.0 Å². The van der Waals surface area contributed by atoms with Gasteiger partial charge in [0.2, 0.25) is 0 Å². The Morgan fingerprint density at radius 2 is 1.85 bits per heavy atom. The van der Waals surface area contributed by atoms with Gasteiger partial charge < -0.3 is 0 Å². The maximum atomic E-state index is 12.1. The van der Waals surface area contributed by atoms with E-state index in [1.807, 2.05) is 12.1 Å². The largest absolute Gasteiger partial charge is 0.295 e. The zero-order valence-corrected chi connectivity index (χ0v) is 13.2. The molecule has 0 unspecified atom stereocenters. The molecule has 0 aliphatic rings. The average molecular weight is 308 g/mol. The fraction of sp³-hybridized carbons (Fsp3) is 0.267. The molecule has 0 radical (unpaired) electrons. The Bertz CT molecular complexity index is 740. The first-order valence-electron chi connectivity index (χ1n) is 6.27. The van der Waals surface area contributed by atoms with Crippen molar-refractivity contribution in [3.63, 3.8) is 0 Å². The van der Waals surface area contributed by atoms with Crippen molar-refractivity contribution in [1.29, 1.82) is 0 Å². The summed E-state index contributed by atoms with van der Waals surface area (Å²) in [6.07, 6.45) is 0. The first-order valence-corrected chi connectivity index (χ1v) is 8.64. The van der Waals surface area contributed by atoms with Gasteiger partial charge in [0.05, 0.1) is 5.25 Å². The second-order valence-corrected chi connectivity index (χ2v) is 8.66. The third kappa shape index (κ3) is 2.83. The average Bonchev–Trinajstić information content (AvgIpc) is 2.88. The van der Waals surface area contributed by atoms with Crippen molar-refractivity contribution < 1.29 is 13.2 Å². The number of rotatable bonds is 4. The minimum absolute atomic E-state index is 0.00145. The van der Waals surface area contributed by atoms with E-state index in [0.717, 1.165) is 10.4 Å². The minimum Gasteiger partial charge on any atom is -0.295 e. The van der Waals surface area contributed by atoms with E-state index >= 15 is 0 Å². The van der Waals surface area contributed by atoms with E-state index in [1.165, 1.54) is 18.3 Å². The summed E-state index contributed by atoms with van der Waals surface area (Å²) in [5.74, 6) is -0.00145. The van der Waals surface area contributed by atoms with Gasteiger partial charge in [-0.25, -0.2) is 8.42 Å². The fourth-order valence-electron chi connectivity index (χ4n) is 1.75. The van der Waals surface area contributed by atoms with Crippen LogP contribution in [0.1, 0.15) is 31.1 Å². The van der Waals surface area contributed by atoms with Gasteiger partial charge >= 0.3 is 0 Å². The number of sulfone groups is 1. The lowest BCUT2D eigenvalue weighted by Gasteiger charge is -2.04. The van der Waals surface area contributed by atoms with Gasteiger partial charge in [-0.3, -0.25) is 4.79 Å². The van der Waals surface area contributed by atoms with Gasteiger partial charge in [0.1, 0.15) is 4.21 Å². The van der Waals surface area contributed by atoms with Gasteiger partial charge in [-0.1, -0.05) is 18.2 Å². The smallest absolute Gasteiger partial charge is 0.190 e. The molecule has 1 aromatic carbocycles. The predicted molar refractivity (Wildman–Crippen MR) is 82.1 cm³/mol. The number of thiophene rings is 1. The molecule has 5 heteroatoms. The molecule has 20 heavy (non-hydrogen) atoms. The Morgan fingerprint density at radius 3 is 2.45 bits per heavy atom. The Hall–Kier alpha value is -1.46. The number of hydrogen-bond acceptors (Lipinski definition) is 4. The molecule has 0 spiro atoms. The molecular formula is C15H16O3S2. The van der Waals surface area contributed by atoms with Gasteiger partial charge in [0, 0.05) is 10.4 Å². The third-order valence-electron chi connectivity index (χ3n) is 3.04. The van der Waals surface area contributed by atoms with Crippen LogP contribution in [0.3, 0.4) is 0 Å². The molecule has 0 N–H and O–H groups in total. The van der Waals surface area contributed by atoms with E-state index in [-0.39, 0.29) is 5.78 Å². The second-order valence-electron chi connectivity index (χ2n) is 4.85. The van der Waals surface area contributed by atoms with E-state index < -0.39 is 15.1 Å². The van der Waals surface area contributed by atoms with Gasteiger partial charge in [-0.2, -0.15) is 0 Å². The monoisotopic (exact) mass is 308 g/mol. The van der Waals surface area contributed by atoms with Crippen LogP contribution in [0.25, 0.3) is 10.4 Å². The van der Waals surface area contributed by atoms with Crippen LogP contribution in [-0.4, -0.2) is 19.5 Å². The normalized spacial score (nSPS) is 11.8. The molecule has 0 saturated heterocycles. The third-order valence-corrected chi connectivity index (χ3v) is 6.85. The summed E-state index contributed by atoms with van der Waals surface area (Å²) >= 11 is 1.24. The van der Waals surface area contributed by atoms with Crippen LogP contribution in [0.4, 0.5) is 0 Å². The molecule has 1 aromatic heterocycles. The van der Waals surface area contributed by atoms with E-state index in [4.69, 9.17) is 0 Å². The van der Waals surface area contributed by atoms with Crippen molar-refractivity contribution in [1.82, 2.24) is 0 Å². The molecule has 2 aromatic rings. The quantitative estimate of drug-likeness (QED) is 0.807. The Morgan fingerprint density at radius 1 is 1.15 bits per heavy atom. The SMILES string of the molecule is CC(=O)c1cccc(-c2ccc(S(=O)(=O)C(C)C)s2)c1. The highest BCUT2D eigenvalue weighted by Crippen LogP contribution is 2.32. The number of carbonyl (C=O) groups excluding carboxylic acids is 1. The summed E-state index contributed by atoms with van der Waals surface area (Å²) in [6, 6.07) is 10.7. The molecule has 0 aliphatic heterocycles. The summed E-state index contributed by atoms with van der Waals surface area (Å²) in [4.78, 5) is 12.2. The maximum absolute atomic E-state index is 12.1. The first kappa shape index (κ1) is 14.9. The lowest BCUT2D eigenvalue weighted by molar-refractivity contribution is 0.101. The standard InChI is InChI=1S/C15H16O3S2/c1-10(2)20(17,18)15-8-7-14(19-15)13-6-4-5-12(9-13)11(3)16/h4-10H,1-3H3. The number of benzene rings is 1. The van der Waals surface area contributed by atoms with Gasteiger partial charge in [-0.15, -0.1) is 11.3 Å². The Labute approximate surface area is 123 Å². The molecule has 1 heterocycles. The molecule has 0 amide bonds. The van der Waals surface area contributed by atoms with Gasteiger partial charge in [0.15, 0.2) is 15.6 Å². The number of ketones is 1. The lowest BCUT2D eigenvalue weighted by atomic mass is 10.1. The molecule has 0 bridgehead atoms. The second kappa shape index (κ2) is 5.50. The van der Waals surface area contributed by atoms with E-state index in [0.29, 0.717) is 9.77 Å². The fourth-order valence-corrected chi connectivity index (χ4v) is 4.52. The summed E-state index contributed by atoms with van der Waals surface area (Å²) < 4.78 is 24.6. The summed E-state index contributed by atoms with van der Waals surface area (Å²) in [5.41, 5.74) is 1.50. The summed E-state index contributed by atoms with van der Waals surface area (Å²) in [7, 11) is -3.24. The highest BCUT2D eigenvalue weighted by atomic mass is 32.2. The van der Waals surface area contributed by atoms with Gasteiger partial charge in [0.25, 0.3) is 0 Å². The van der Waals surface area contributed by atoms with Gasteiger partial charge in [-0.05, 0) is 44.5 Å². The van der Waals surface area contributed by atoms with E-state index in [1.54, 1.807) is 38.1 Å². The zero-order chi connectivity index (χ0) is 14.9. The Balaban J connectivity index is 2.44. The van der Waals surface area contributed by atoms with E-state index in [9.17, 15) is 13.2 Å². The van der Waals surface area contributed by atoms with Crippen LogP contribution < -0.4 is 0 Å². The first-order chi connectivity index (χ1) is 9.32. The van der Waals surface area contributed by atoms with Crippen molar-refractivity contribution >= 4 is 27.0 Å². The summed E-state index contributed by atoms with van der Waals surface area (Å²) in [5, 5.41) is -0.433. The lowest BCUT2D eigenvalue weighted by Crippen LogP contribution is -2.12.